The molecule has 1 fully saturated rings. The first-order valence-corrected chi connectivity index (χ1v) is 7.87. The second-order valence-corrected chi connectivity index (χ2v) is 6.49. The number of nitrogens with zero attached hydrogens (tertiary/aromatic N) is 1. The number of benzene rings is 1. The molecule has 100 valence electrons. The number of rotatable bonds is 4. The highest BCUT2D eigenvalue weighted by Gasteiger charge is 2.28. The summed E-state index contributed by atoms with van der Waals surface area (Å²) in [5.41, 5.74) is 0. The van der Waals surface area contributed by atoms with E-state index in [0.717, 1.165) is 19.4 Å². The third-order valence-electron chi connectivity index (χ3n) is 3.33. The van der Waals surface area contributed by atoms with Crippen molar-refractivity contribution >= 4 is 10.0 Å². The Morgan fingerprint density at radius 2 is 1.83 bits per heavy atom. The average molecular weight is 268 g/mol. The fraction of sp³-hybridized carbons (Fsp3) is 0.538. The lowest BCUT2D eigenvalue weighted by molar-refractivity contribution is 0.292. The highest BCUT2D eigenvalue weighted by Crippen LogP contribution is 2.20. The summed E-state index contributed by atoms with van der Waals surface area (Å²) in [6, 6.07) is 9.13. The molecule has 1 heterocycles. The van der Waals surface area contributed by atoms with Crippen molar-refractivity contribution < 1.29 is 8.42 Å². The summed E-state index contributed by atoms with van der Waals surface area (Å²) < 4.78 is 26.3. The van der Waals surface area contributed by atoms with Crippen LogP contribution in [0, 0.1) is 0 Å². The summed E-state index contributed by atoms with van der Waals surface area (Å²) in [4.78, 5) is 0.395. The maximum absolute atomic E-state index is 12.4. The Hall–Kier alpha value is -0.910. The molecule has 1 aliphatic heterocycles. The molecule has 0 radical (unpaired) electrons. The molecule has 1 aliphatic rings. The fourth-order valence-electron chi connectivity index (χ4n) is 2.33. The molecule has 0 saturated carbocycles. The van der Waals surface area contributed by atoms with Crippen molar-refractivity contribution in [2.45, 2.75) is 30.7 Å². The van der Waals surface area contributed by atoms with Crippen LogP contribution in [0.5, 0.6) is 0 Å². The third-order valence-corrected chi connectivity index (χ3v) is 5.24. The van der Waals surface area contributed by atoms with Crippen LogP contribution in [-0.2, 0) is 10.0 Å². The molecule has 0 unspecified atom stereocenters. The van der Waals surface area contributed by atoms with Gasteiger partial charge in [-0.25, -0.2) is 8.42 Å². The van der Waals surface area contributed by atoms with Crippen molar-refractivity contribution in [2.24, 2.45) is 0 Å². The van der Waals surface area contributed by atoms with Gasteiger partial charge in [0.1, 0.15) is 0 Å². The Bertz CT molecular complexity index is 465. The lowest BCUT2D eigenvalue weighted by atomic mass is 10.1. The van der Waals surface area contributed by atoms with Crippen molar-refractivity contribution in [1.29, 1.82) is 0 Å². The van der Waals surface area contributed by atoms with Crippen LogP contribution >= 0.6 is 0 Å². The van der Waals surface area contributed by atoms with Gasteiger partial charge in [-0.15, -0.1) is 0 Å². The van der Waals surface area contributed by atoms with Crippen molar-refractivity contribution in [3.8, 4) is 0 Å². The van der Waals surface area contributed by atoms with Crippen molar-refractivity contribution in [1.82, 2.24) is 9.62 Å². The molecule has 0 bridgehead atoms. The van der Waals surface area contributed by atoms with Crippen LogP contribution in [0.3, 0.4) is 0 Å². The SMILES string of the molecule is CCNC1CCN(S(=O)(=O)c2ccccc2)CC1. The van der Waals surface area contributed by atoms with E-state index in [0.29, 0.717) is 24.0 Å². The van der Waals surface area contributed by atoms with Gasteiger partial charge in [0.05, 0.1) is 4.90 Å². The quantitative estimate of drug-likeness (QED) is 0.899. The Balaban J connectivity index is 2.05. The second kappa shape index (κ2) is 5.82. The highest BCUT2D eigenvalue weighted by atomic mass is 32.2. The summed E-state index contributed by atoms with van der Waals surface area (Å²) >= 11 is 0. The van der Waals surface area contributed by atoms with E-state index in [9.17, 15) is 8.42 Å². The van der Waals surface area contributed by atoms with E-state index in [1.54, 1.807) is 28.6 Å². The van der Waals surface area contributed by atoms with Gasteiger partial charge in [-0.05, 0) is 31.5 Å². The van der Waals surface area contributed by atoms with Gasteiger partial charge in [0.15, 0.2) is 0 Å². The van der Waals surface area contributed by atoms with E-state index in [2.05, 4.69) is 12.2 Å². The summed E-state index contributed by atoms with van der Waals surface area (Å²) in [6.07, 6.45) is 1.78. The Labute approximate surface area is 109 Å². The number of nitrogens with one attached hydrogen (secondary N) is 1. The van der Waals surface area contributed by atoms with E-state index in [4.69, 9.17) is 0 Å². The molecule has 1 saturated heterocycles. The van der Waals surface area contributed by atoms with Gasteiger partial charge in [-0.2, -0.15) is 4.31 Å². The summed E-state index contributed by atoms with van der Waals surface area (Å²) in [5, 5.41) is 3.37. The van der Waals surface area contributed by atoms with E-state index in [1.165, 1.54) is 0 Å². The monoisotopic (exact) mass is 268 g/mol. The zero-order valence-corrected chi connectivity index (χ0v) is 11.5. The number of sulfonamides is 1. The molecule has 0 aromatic heterocycles. The van der Waals surface area contributed by atoms with E-state index >= 15 is 0 Å². The summed E-state index contributed by atoms with van der Waals surface area (Å²) in [6.45, 7) is 4.23. The van der Waals surface area contributed by atoms with Gasteiger partial charge < -0.3 is 5.32 Å². The third kappa shape index (κ3) is 2.91. The molecule has 0 atom stereocenters. The first kappa shape index (κ1) is 13.5. The zero-order chi connectivity index (χ0) is 13.0. The number of piperidine rings is 1. The van der Waals surface area contributed by atoms with Crippen LogP contribution in [0.1, 0.15) is 19.8 Å². The first-order chi connectivity index (χ1) is 8.64. The fourth-order valence-corrected chi connectivity index (χ4v) is 3.82. The standard InChI is InChI=1S/C13H20N2O2S/c1-2-14-12-8-10-15(11-9-12)18(16,17)13-6-4-3-5-7-13/h3-7,12,14H,2,8-11H2,1H3. The summed E-state index contributed by atoms with van der Waals surface area (Å²) in [7, 11) is -3.29. The smallest absolute Gasteiger partial charge is 0.243 e. The molecule has 1 aromatic carbocycles. The molecule has 0 amide bonds. The Kier molecular flexibility index (Phi) is 4.37. The first-order valence-electron chi connectivity index (χ1n) is 6.43. The normalized spacial score (nSPS) is 18.9. The zero-order valence-electron chi connectivity index (χ0n) is 10.7. The molecule has 1 aromatic rings. The highest BCUT2D eigenvalue weighted by molar-refractivity contribution is 7.89. The van der Waals surface area contributed by atoms with Crippen LogP contribution in [-0.4, -0.2) is 38.4 Å². The Morgan fingerprint density at radius 3 is 2.39 bits per heavy atom. The molecule has 5 heteroatoms. The maximum Gasteiger partial charge on any atom is 0.243 e. The van der Waals surface area contributed by atoms with Crippen molar-refractivity contribution in [3.05, 3.63) is 30.3 Å². The Morgan fingerprint density at radius 1 is 1.22 bits per heavy atom. The number of hydrogen-bond acceptors (Lipinski definition) is 3. The topological polar surface area (TPSA) is 49.4 Å². The van der Waals surface area contributed by atoms with E-state index in [-0.39, 0.29) is 0 Å². The van der Waals surface area contributed by atoms with Crippen LogP contribution in [0.15, 0.2) is 35.2 Å². The second-order valence-electron chi connectivity index (χ2n) is 4.55. The van der Waals surface area contributed by atoms with Gasteiger partial charge in [-0.1, -0.05) is 25.1 Å². The maximum atomic E-state index is 12.4. The number of hydrogen-bond donors (Lipinski definition) is 1. The van der Waals surface area contributed by atoms with Crippen LogP contribution < -0.4 is 5.32 Å². The van der Waals surface area contributed by atoms with Crippen molar-refractivity contribution in [2.75, 3.05) is 19.6 Å². The molecule has 4 nitrogen and oxygen atoms in total. The largest absolute Gasteiger partial charge is 0.314 e. The van der Waals surface area contributed by atoms with E-state index in [1.807, 2.05) is 6.07 Å². The average Bonchev–Trinajstić information content (AvgIpc) is 2.41. The predicted molar refractivity (Wildman–Crippen MR) is 71.9 cm³/mol. The lowest BCUT2D eigenvalue weighted by Crippen LogP contribution is -2.44. The molecular weight excluding hydrogens is 248 g/mol. The molecule has 18 heavy (non-hydrogen) atoms. The van der Waals surface area contributed by atoms with Crippen LogP contribution in [0.25, 0.3) is 0 Å². The van der Waals surface area contributed by atoms with Gasteiger partial charge in [-0.3, -0.25) is 0 Å². The van der Waals surface area contributed by atoms with Gasteiger partial charge >= 0.3 is 0 Å². The minimum absolute atomic E-state index is 0.395. The van der Waals surface area contributed by atoms with Crippen molar-refractivity contribution in [3.63, 3.8) is 0 Å². The predicted octanol–water partition coefficient (Wildman–Crippen LogP) is 1.45. The van der Waals surface area contributed by atoms with E-state index < -0.39 is 10.0 Å². The minimum atomic E-state index is -3.29. The molecule has 0 spiro atoms. The van der Waals surface area contributed by atoms with Crippen LogP contribution in [0.2, 0.25) is 0 Å². The molecular formula is C13H20N2O2S. The minimum Gasteiger partial charge on any atom is -0.314 e. The molecule has 2 rings (SSSR count). The lowest BCUT2D eigenvalue weighted by Gasteiger charge is -2.31. The van der Waals surface area contributed by atoms with Gasteiger partial charge in [0, 0.05) is 19.1 Å². The van der Waals surface area contributed by atoms with Gasteiger partial charge in [0.2, 0.25) is 10.0 Å². The molecule has 1 N–H and O–H groups in total. The van der Waals surface area contributed by atoms with Crippen LogP contribution in [0.4, 0.5) is 0 Å². The summed E-state index contributed by atoms with van der Waals surface area (Å²) in [5.74, 6) is 0. The molecule has 0 aliphatic carbocycles. The van der Waals surface area contributed by atoms with Gasteiger partial charge in [0.25, 0.3) is 0 Å².